The fourth-order valence-electron chi connectivity index (χ4n) is 3.79. The third kappa shape index (κ3) is 4.12. The molecule has 2 atom stereocenters. The van der Waals surface area contributed by atoms with E-state index in [9.17, 15) is 9.59 Å². The van der Waals surface area contributed by atoms with Gasteiger partial charge in [-0.3, -0.25) is 9.59 Å². The van der Waals surface area contributed by atoms with Crippen LogP contribution < -0.4 is 5.32 Å². The fourth-order valence-corrected chi connectivity index (χ4v) is 5.20. The monoisotopic (exact) mass is 403 g/mol. The summed E-state index contributed by atoms with van der Waals surface area (Å²) < 4.78 is 10.5. The largest absolute Gasteiger partial charge is 0.472 e. The molecule has 0 aliphatic carbocycles. The SMILES string of the molecule is O=C(NCCN1CCCCC1)C1CSC(c2ccoc2)N1C(=O)c1ccco1. The van der Waals surface area contributed by atoms with Gasteiger partial charge in [0, 0.05) is 24.4 Å². The van der Waals surface area contributed by atoms with Gasteiger partial charge in [-0.05, 0) is 44.1 Å². The van der Waals surface area contributed by atoms with Gasteiger partial charge in [0.15, 0.2) is 5.76 Å². The van der Waals surface area contributed by atoms with Crippen molar-refractivity contribution in [3.8, 4) is 0 Å². The molecule has 2 unspecified atom stereocenters. The Morgan fingerprint density at radius 1 is 1.18 bits per heavy atom. The van der Waals surface area contributed by atoms with Crippen molar-refractivity contribution >= 4 is 23.6 Å². The Hall–Kier alpha value is -2.19. The van der Waals surface area contributed by atoms with Crippen LogP contribution in [0.4, 0.5) is 0 Å². The van der Waals surface area contributed by atoms with Gasteiger partial charge in [-0.25, -0.2) is 0 Å². The van der Waals surface area contributed by atoms with Crippen LogP contribution in [-0.4, -0.2) is 59.6 Å². The van der Waals surface area contributed by atoms with E-state index in [1.807, 2.05) is 6.07 Å². The summed E-state index contributed by atoms with van der Waals surface area (Å²) >= 11 is 1.56. The number of likely N-dealkylation sites (tertiary alicyclic amines) is 1. The minimum atomic E-state index is -0.538. The minimum absolute atomic E-state index is 0.115. The molecule has 0 radical (unpaired) electrons. The van der Waals surface area contributed by atoms with Crippen LogP contribution >= 0.6 is 11.8 Å². The molecule has 2 aromatic rings. The lowest BCUT2D eigenvalue weighted by molar-refractivity contribution is -0.124. The molecule has 28 heavy (non-hydrogen) atoms. The zero-order valence-corrected chi connectivity index (χ0v) is 16.5. The Kier molecular flexibility index (Phi) is 6.07. The Balaban J connectivity index is 1.43. The van der Waals surface area contributed by atoms with Crippen LogP contribution in [0.25, 0.3) is 0 Å². The molecule has 0 bridgehead atoms. The lowest BCUT2D eigenvalue weighted by atomic mass is 10.1. The summed E-state index contributed by atoms with van der Waals surface area (Å²) in [7, 11) is 0. The first-order chi connectivity index (χ1) is 13.7. The van der Waals surface area contributed by atoms with Gasteiger partial charge in [-0.2, -0.15) is 0 Å². The van der Waals surface area contributed by atoms with Crippen molar-refractivity contribution in [3.05, 3.63) is 48.3 Å². The van der Waals surface area contributed by atoms with Gasteiger partial charge in [0.25, 0.3) is 5.91 Å². The van der Waals surface area contributed by atoms with Crippen LogP contribution in [0.15, 0.2) is 45.8 Å². The Morgan fingerprint density at radius 2 is 2.04 bits per heavy atom. The lowest BCUT2D eigenvalue weighted by Gasteiger charge is -2.29. The Morgan fingerprint density at radius 3 is 2.75 bits per heavy atom. The molecule has 2 aromatic heterocycles. The topological polar surface area (TPSA) is 78.9 Å². The normalized spacial score (nSPS) is 23.1. The fraction of sp³-hybridized carbons (Fsp3) is 0.500. The molecular formula is C20H25N3O4S. The van der Waals surface area contributed by atoms with E-state index in [0.29, 0.717) is 12.3 Å². The van der Waals surface area contributed by atoms with E-state index in [4.69, 9.17) is 8.83 Å². The average Bonchev–Trinajstić information content (AvgIpc) is 3.49. The van der Waals surface area contributed by atoms with E-state index in [2.05, 4.69) is 10.2 Å². The highest BCUT2D eigenvalue weighted by atomic mass is 32.2. The molecule has 0 saturated carbocycles. The maximum absolute atomic E-state index is 13.0. The first-order valence-corrected chi connectivity index (χ1v) is 10.8. The molecule has 2 fully saturated rings. The molecule has 2 saturated heterocycles. The summed E-state index contributed by atoms with van der Waals surface area (Å²) in [6, 6.07) is 4.60. The number of nitrogens with zero attached hydrogens (tertiary/aromatic N) is 2. The van der Waals surface area contributed by atoms with Crippen LogP contribution in [0.5, 0.6) is 0 Å². The number of nitrogens with one attached hydrogen (secondary N) is 1. The predicted octanol–water partition coefficient (Wildman–Crippen LogP) is 2.73. The molecule has 150 valence electrons. The van der Waals surface area contributed by atoms with Crippen LogP contribution in [-0.2, 0) is 4.79 Å². The third-order valence-electron chi connectivity index (χ3n) is 5.27. The second-order valence-corrected chi connectivity index (χ2v) is 8.25. The molecule has 7 nitrogen and oxygen atoms in total. The van der Waals surface area contributed by atoms with Gasteiger partial charge in [0.1, 0.15) is 11.4 Å². The summed E-state index contributed by atoms with van der Waals surface area (Å²) in [4.78, 5) is 29.9. The summed E-state index contributed by atoms with van der Waals surface area (Å²) in [6.45, 7) is 3.64. The molecular weight excluding hydrogens is 378 g/mol. The maximum atomic E-state index is 13.0. The Bertz CT molecular complexity index is 771. The number of rotatable bonds is 6. The van der Waals surface area contributed by atoms with Gasteiger partial charge in [0.2, 0.25) is 5.91 Å². The number of furan rings is 2. The van der Waals surface area contributed by atoms with Crippen molar-refractivity contribution < 1.29 is 18.4 Å². The molecule has 4 heterocycles. The van der Waals surface area contributed by atoms with E-state index >= 15 is 0 Å². The predicted molar refractivity (Wildman–Crippen MR) is 106 cm³/mol. The third-order valence-corrected chi connectivity index (χ3v) is 6.60. The van der Waals surface area contributed by atoms with Gasteiger partial charge in [-0.15, -0.1) is 11.8 Å². The van der Waals surface area contributed by atoms with Crippen molar-refractivity contribution in [2.24, 2.45) is 0 Å². The lowest BCUT2D eigenvalue weighted by Crippen LogP contribution is -2.49. The molecule has 2 aliphatic heterocycles. The smallest absolute Gasteiger partial charge is 0.291 e. The molecule has 0 spiro atoms. The molecule has 0 aromatic carbocycles. The highest BCUT2D eigenvalue weighted by molar-refractivity contribution is 7.99. The Labute approximate surface area is 168 Å². The van der Waals surface area contributed by atoms with Gasteiger partial charge >= 0.3 is 0 Å². The standard InChI is InChI=1S/C20H25N3O4S/c24-18(21-7-10-22-8-2-1-3-9-22)16-14-28-20(15-6-12-26-13-15)23(16)19(25)17-5-4-11-27-17/h4-6,11-13,16,20H,1-3,7-10,14H2,(H,21,24). The van der Waals surface area contributed by atoms with Crippen molar-refractivity contribution in [1.82, 2.24) is 15.1 Å². The highest BCUT2D eigenvalue weighted by Gasteiger charge is 2.43. The van der Waals surface area contributed by atoms with Crippen molar-refractivity contribution in [2.45, 2.75) is 30.7 Å². The molecule has 2 amide bonds. The van der Waals surface area contributed by atoms with E-state index < -0.39 is 6.04 Å². The second-order valence-electron chi connectivity index (χ2n) is 7.14. The summed E-state index contributed by atoms with van der Waals surface area (Å²) in [5.74, 6) is 0.382. The number of hydrogen-bond acceptors (Lipinski definition) is 6. The second kappa shape index (κ2) is 8.87. The van der Waals surface area contributed by atoms with Crippen LogP contribution in [0, 0.1) is 0 Å². The number of amides is 2. The molecule has 8 heteroatoms. The molecule has 4 rings (SSSR count). The first kappa shape index (κ1) is 19.1. The quantitative estimate of drug-likeness (QED) is 0.799. The average molecular weight is 404 g/mol. The zero-order valence-electron chi connectivity index (χ0n) is 15.7. The number of carbonyl (C=O) groups is 2. The number of carbonyl (C=O) groups excluding carboxylic acids is 2. The van der Waals surface area contributed by atoms with E-state index in [1.54, 1.807) is 41.3 Å². The molecule has 1 N–H and O–H groups in total. The first-order valence-electron chi connectivity index (χ1n) is 9.74. The van der Waals surface area contributed by atoms with Gasteiger partial charge < -0.3 is 24.0 Å². The van der Waals surface area contributed by atoms with Crippen molar-refractivity contribution in [1.29, 1.82) is 0 Å². The number of hydrogen-bond donors (Lipinski definition) is 1. The van der Waals surface area contributed by atoms with Gasteiger partial charge in [-0.1, -0.05) is 6.42 Å². The van der Waals surface area contributed by atoms with Gasteiger partial charge in [0.05, 0.1) is 18.8 Å². The summed E-state index contributed by atoms with van der Waals surface area (Å²) in [5.41, 5.74) is 0.869. The summed E-state index contributed by atoms with van der Waals surface area (Å²) in [5, 5.41) is 2.76. The minimum Gasteiger partial charge on any atom is -0.472 e. The van der Waals surface area contributed by atoms with Crippen LogP contribution in [0.1, 0.15) is 40.8 Å². The maximum Gasteiger partial charge on any atom is 0.291 e. The number of thioether (sulfide) groups is 1. The van der Waals surface area contributed by atoms with Crippen LogP contribution in [0.3, 0.4) is 0 Å². The van der Waals surface area contributed by atoms with E-state index in [-0.39, 0.29) is 22.9 Å². The van der Waals surface area contributed by atoms with Crippen LogP contribution in [0.2, 0.25) is 0 Å². The van der Waals surface area contributed by atoms with E-state index in [0.717, 1.165) is 25.2 Å². The van der Waals surface area contributed by atoms with E-state index in [1.165, 1.54) is 25.5 Å². The zero-order chi connectivity index (χ0) is 19.3. The molecule has 2 aliphatic rings. The van der Waals surface area contributed by atoms with Crippen molar-refractivity contribution in [3.63, 3.8) is 0 Å². The number of piperidine rings is 1. The summed E-state index contributed by atoms with van der Waals surface area (Å²) in [6.07, 6.45) is 8.42. The highest BCUT2D eigenvalue weighted by Crippen LogP contribution is 2.42. The van der Waals surface area contributed by atoms with Crippen molar-refractivity contribution in [2.75, 3.05) is 31.9 Å².